The summed E-state index contributed by atoms with van der Waals surface area (Å²) in [5.74, 6) is 0.469. The van der Waals surface area contributed by atoms with Gasteiger partial charge in [0, 0.05) is 17.3 Å². The van der Waals surface area contributed by atoms with E-state index in [9.17, 15) is 14.2 Å². The lowest BCUT2D eigenvalue weighted by Gasteiger charge is -2.26. The minimum absolute atomic E-state index is 0.0808. The largest absolute Gasteiger partial charge is 0.530 e. The standard InChI is InChI=1S/C18H19N2O7P/c1-11-3-5-15-13(7-11)9-24-28(23,27-15)25-10-14-4-6-16(26-14)20-8-12(2)17(21)19-18(20)22/h3-8,14,16H,9-10H2,1-2H3,(H,19,21,22)/t14-,16+,28-/m0/s1. The molecule has 0 radical (unpaired) electrons. The SMILES string of the molecule is Cc1ccc2c(c1)CO[P@@](=O)(OC[C@@H]1C=C[C@H](n3cc(C)c(=O)[nH]c3=O)O1)O2. The minimum Gasteiger partial charge on any atom is -0.404 e. The number of hydrogen-bond acceptors (Lipinski definition) is 7. The maximum atomic E-state index is 12.7. The van der Waals surface area contributed by atoms with E-state index in [4.69, 9.17) is 18.3 Å². The number of H-pyrrole nitrogens is 1. The number of aryl methyl sites for hydroxylation is 2. The van der Waals surface area contributed by atoms with Crippen molar-refractivity contribution >= 4 is 7.82 Å². The average Bonchev–Trinajstić information content (AvgIpc) is 3.12. The number of rotatable bonds is 4. The number of nitrogens with one attached hydrogen (secondary N) is 1. The van der Waals surface area contributed by atoms with Gasteiger partial charge in [-0.1, -0.05) is 23.8 Å². The molecular weight excluding hydrogens is 387 g/mol. The summed E-state index contributed by atoms with van der Waals surface area (Å²) in [6.45, 7) is 3.59. The molecule has 3 atom stereocenters. The summed E-state index contributed by atoms with van der Waals surface area (Å²) < 4.78 is 35.8. The Kier molecular flexibility index (Phi) is 4.84. The van der Waals surface area contributed by atoms with Gasteiger partial charge in [0.25, 0.3) is 5.56 Å². The lowest BCUT2D eigenvalue weighted by atomic mass is 10.1. The van der Waals surface area contributed by atoms with E-state index in [1.807, 2.05) is 19.1 Å². The molecule has 4 rings (SSSR count). The van der Waals surface area contributed by atoms with E-state index in [0.29, 0.717) is 11.3 Å². The normalized spacial score (nSPS) is 26.1. The van der Waals surface area contributed by atoms with Gasteiger partial charge in [0.2, 0.25) is 0 Å². The molecule has 0 bridgehead atoms. The molecule has 0 saturated carbocycles. The highest BCUT2D eigenvalue weighted by molar-refractivity contribution is 7.49. The van der Waals surface area contributed by atoms with E-state index in [1.165, 1.54) is 10.8 Å². The van der Waals surface area contributed by atoms with E-state index in [0.717, 1.165) is 11.1 Å². The van der Waals surface area contributed by atoms with E-state index in [-0.39, 0.29) is 13.2 Å². The molecule has 1 N–H and O–H groups in total. The van der Waals surface area contributed by atoms with Crippen LogP contribution in [-0.4, -0.2) is 22.3 Å². The van der Waals surface area contributed by atoms with E-state index >= 15 is 0 Å². The Hall–Kier alpha value is -2.45. The van der Waals surface area contributed by atoms with Crippen molar-refractivity contribution < 1.29 is 22.9 Å². The molecule has 28 heavy (non-hydrogen) atoms. The number of benzene rings is 1. The van der Waals surface area contributed by atoms with Crippen LogP contribution in [0.2, 0.25) is 0 Å². The number of hydrogen-bond donors (Lipinski definition) is 1. The molecule has 2 aromatic rings. The van der Waals surface area contributed by atoms with Crippen molar-refractivity contribution in [1.29, 1.82) is 0 Å². The van der Waals surface area contributed by atoms with Crippen LogP contribution >= 0.6 is 7.82 Å². The van der Waals surface area contributed by atoms with E-state index in [1.54, 1.807) is 25.1 Å². The minimum atomic E-state index is -3.76. The van der Waals surface area contributed by atoms with Gasteiger partial charge in [0.15, 0.2) is 6.23 Å². The van der Waals surface area contributed by atoms with Crippen LogP contribution in [0.15, 0.2) is 46.1 Å². The van der Waals surface area contributed by atoms with Gasteiger partial charge in [-0.15, -0.1) is 0 Å². The molecule has 9 nitrogen and oxygen atoms in total. The molecule has 0 fully saturated rings. The Balaban J connectivity index is 1.39. The predicted octanol–water partition coefficient (Wildman–Crippen LogP) is 2.34. The molecule has 148 valence electrons. The van der Waals surface area contributed by atoms with Crippen molar-refractivity contribution in [1.82, 2.24) is 9.55 Å². The van der Waals surface area contributed by atoms with Crippen LogP contribution in [0.4, 0.5) is 0 Å². The van der Waals surface area contributed by atoms with E-state index in [2.05, 4.69) is 4.98 Å². The van der Waals surface area contributed by atoms with Crippen LogP contribution in [0.3, 0.4) is 0 Å². The average molecular weight is 406 g/mol. The number of nitrogens with zero attached hydrogens (tertiary/aromatic N) is 1. The van der Waals surface area contributed by atoms with Crippen molar-refractivity contribution in [2.75, 3.05) is 6.61 Å². The van der Waals surface area contributed by atoms with Crippen molar-refractivity contribution in [3.05, 3.63) is 74.1 Å². The van der Waals surface area contributed by atoms with Crippen molar-refractivity contribution in [2.24, 2.45) is 0 Å². The fraction of sp³-hybridized carbons (Fsp3) is 0.333. The first-order valence-corrected chi connectivity index (χ1v) is 10.1. The number of phosphoric acid groups is 1. The lowest BCUT2D eigenvalue weighted by Crippen LogP contribution is -2.33. The van der Waals surface area contributed by atoms with Gasteiger partial charge in [0.05, 0.1) is 13.2 Å². The monoisotopic (exact) mass is 406 g/mol. The highest BCUT2D eigenvalue weighted by Gasteiger charge is 2.35. The first-order valence-electron chi connectivity index (χ1n) is 8.67. The topological polar surface area (TPSA) is 109 Å². The van der Waals surface area contributed by atoms with Gasteiger partial charge in [-0.05, 0) is 26.0 Å². The summed E-state index contributed by atoms with van der Waals surface area (Å²) in [5, 5.41) is 0. The Labute approximate surface area is 160 Å². The number of fused-ring (bicyclic) bond motifs is 1. The van der Waals surface area contributed by atoms with Gasteiger partial charge in [-0.3, -0.25) is 23.4 Å². The fourth-order valence-electron chi connectivity index (χ4n) is 2.95. The van der Waals surface area contributed by atoms with Gasteiger partial charge in [0.1, 0.15) is 11.9 Å². The molecule has 1 aromatic heterocycles. The summed E-state index contributed by atoms with van der Waals surface area (Å²) in [6, 6.07) is 5.48. The molecule has 2 aliphatic rings. The zero-order chi connectivity index (χ0) is 19.9. The summed E-state index contributed by atoms with van der Waals surface area (Å²) >= 11 is 0. The first-order chi connectivity index (χ1) is 13.3. The zero-order valence-corrected chi connectivity index (χ0v) is 16.2. The van der Waals surface area contributed by atoms with Crippen molar-refractivity contribution in [2.45, 2.75) is 32.8 Å². The Morgan fingerprint density at radius 3 is 2.93 bits per heavy atom. The lowest BCUT2D eigenvalue weighted by molar-refractivity contribution is -0.0130. The summed E-state index contributed by atoms with van der Waals surface area (Å²) in [7, 11) is -3.76. The first kappa shape index (κ1) is 18.9. The Morgan fingerprint density at radius 1 is 1.29 bits per heavy atom. The molecule has 10 heteroatoms. The Morgan fingerprint density at radius 2 is 2.11 bits per heavy atom. The van der Waals surface area contributed by atoms with Gasteiger partial charge in [-0.25, -0.2) is 9.36 Å². The molecule has 0 amide bonds. The smallest absolute Gasteiger partial charge is 0.404 e. The second-order valence-electron chi connectivity index (χ2n) is 6.65. The number of ether oxygens (including phenoxy) is 1. The molecular formula is C18H19N2O7P. The number of aromatic amines is 1. The number of aromatic nitrogens is 2. The van der Waals surface area contributed by atoms with E-state index < -0.39 is 31.4 Å². The third kappa shape index (κ3) is 3.74. The third-order valence-corrected chi connectivity index (χ3v) is 5.76. The van der Waals surface area contributed by atoms with Crippen LogP contribution in [-0.2, 0) is 25.0 Å². The van der Waals surface area contributed by atoms with Crippen LogP contribution in [0.5, 0.6) is 5.75 Å². The summed E-state index contributed by atoms with van der Waals surface area (Å²) in [4.78, 5) is 25.7. The van der Waals surface area contributed by atoms with Crippen molar-refractivity contribution in [3.8, 4) is 5.75 Å². The maximum absolute atomic E-state index is 12.7. The van der Waals surface area contributed by atoms with Crippen molar-refractivity contribution in [3.63, 3.8) is 0 Å². The van der Waals surface area contributed by atoms with Crippen LogP contribution in [0.1, 0.15) is 22.9 Å². The molecule has 2 aliphatic heterocycles. The maximum Gasteiger partial charge on any atom is 0.530 e. The van der Waals surface area contributed by atoms with Gasteiger partial charge >= 0.3 is 13.5 Å². The second-order valence-corrected chi connectivity index (χ2v) is 8.24. The molecule has 3 heterocycles. The van der Waals surface area contributed by atoms with Crippen LogP contribution in [0, 0.1) is 13.8 Å². The quantitative estimate of drug-likeness (QED) is 0.613. The molecule has 0 unspecified atom stereocenters. The van der Waals surface area contributed by atoms with Crippen LogP contribution < -0.4 is 15.8 Å². The van der Waals surface area contributed by atoms with Crippen LogP contribution in [0.25, 0.3) is 0 Å². The predicted molar refractivity (Wildman–Crippen MR) is 99.3 cm³/mol. The Bertz CT molecular complexity index is 1100. The summed E-state index contributed by atoms with van der Waals surface area (Å²) in [6.07, 6.45) is 3.51. The van der Waals surface area contributed by atoms with Gasteiger partial charge < -0.3 is 9.26 Å². The molecule has 0 saturated heterocycles. The van der Waals surface area contributed by atoms with Gasteiger partial charge in [-0.2, -0.15) is 0 Å². The number of phosphoric ester groups is 1. The third-order valence-electron chi connectivity index (χ3n) is 4.43. The molecule has 0 aliphatic carbocycles. The zero-order valence-electron chi connectivity index (χ0n) is 15.3. The second kappa shape index (κ2) is 7.18. The fourth-order valence-corrected chi connectivity index (χ4v) is 4.18. The molecule has 0 spiro atoms. The highest BCUT2D eigenvalue weighted by Crippen LogP contribution is 2.54. The summed E-state index contributed by atoms with van der Waals surface area (Å²) in [5.41, 5.74) is 1.22. The molecule has 1 aromatic carbocycles. The highest BCUT2D eigenvalue weighted by atomic mass is 31.2.